The second-order valence-electron chi connectivity index (χ2n) is 4.69. The second kappa shape index (κ2) is 5.50. The van der Waals surface area contributed by atoms with Gasteiger partial charge in [-0.25, -0.2) is 26.6 Å². The highest BCUT2D eigenvalue weighted by atomic mass is 32.2. The van der Waals surface area contributed by atoms with E-state index < -0.39 is 32.4 Å². The van der Waals surface area contributed by atoms with E-state index in [-0.39, 0.29) is 5.69 Å². The number of sulfonamides is 1. The van der Waals surface area contributed by atoms with Gasteiger partial charge in [0, 0.05) is 0 Å². The standard InChI is InChI=1S/C14H9F3N2O2S2/c1-7-18-10-4-2-8(6-11(10)22-7)19-23(20,21)12-5-3-9(15)13(16)14(12)17/h2-6,19H,1H3. The fourth-order valence-corrected chi connectivity index (χ4v) is 4.02. The molecule has 2 aromatic carbocycles. The summed E-state index contributed by atoms with van der Waals surface area (Å²) in [7, 11) is -4.39. The molecule has 0 saturated heterocycles. The molecule has 0 atom stereocenters. The second-order valence-corrected chi connectivity index (χ2v) is 7.58. The number of hydrogen-bond donors (Lipinski definition) is 1. The molecule has 4 nitrogen and oxygen atoms in total. The topological polar surface area (TPSA) is 59.1 Å². The molecule has 9 heteroatoms. The smallest absolute Gasteiger partial charge is 0.264 e. The minimum atomic E-state index is -4.39. The van der Waals surface area contributed by atoms with E-state index in [1.807, 2.05) is 6.92 Å². The largest absolute Gasteiger partial charge is 0.279 e. The third kappa shape index (κ3) is 2.89. The molecule has 1 heterocycles. The minimum Gasteiger partial charge on any atom is -0.279 e. The van der Waals surface area contributed by atoms with Crippen LogP contribution in [0.4, 0.5) is 18.9 Å². The predicted molar refractivity (Wildman–Crippen MR) is 81.5 cm³/mol. The number of nitrogens with zero attached hydrogens (tertiary/aromatic N) is 1. The third-order valence-corrected chi connectivity index (χ3v) is 5.37. The maximum absolute atomic E-state index is 13.7. The Bertz CT molecular complexity index is 1020. The lowest BCUT2D eigenvalue weighted by molar-refractivity contribution is 0.432. The summed E-state index contributed by atoms with van der Waals surface area (Å²) >= 11 is 1.37. The molecule has 0 aliphatic carbocycles. The Morgan fingerprint density at radius 1 is 1.09 bits per heavy atom. The SMILES string of the molecule is Cc1nc2ccc(NS(=O)(=O)c3ccc(F)c(F)c3F)cc2s1. The van der Waals surface area contributed by atoms with E-state index in [4.69, 9.17) is 0 Å². The lowest BCUT2D eigenvalue weighted by Gasteiger charge is -2.09. The van der Waals surface area contributed by atoms with E-state index in [9.17, 15) is 21.6 Å². The predicted octanol–water partition coefficient (Wildman–Crippen LogP) is 3.82. The number of hydrogen-bond acceptors (Lipinski definition) is 4. The number of fused-ring (bicyclic) bond motifs is 1. The van der Waals surface area contributed by atoms with Gasteiger partial charge < -0.3 is 0 Å². The fourth-order valence-electron chi connectivity index (χ4n) is 2.03. The summed E-state index contributed by atoms with van der Waals surface area (Å²) in [5, 5.41) is 0.812. The number of thiazole rings is 1. The Morgan fingerprint density at radius 3 is 2.57 bits per heavy atom. The van der Waals surface area contributed by atoms with E-state index in [2.05, 4.69) is 9.71 Å². The number of anilines is 1. The van der Waals surface area contributed by atoms with E-state index in [1.165, 1.54) is 23.5 Å². The van der Waals surface area contributed by atoms with Crippen LogP contribution in [0.2, 0.25) is 0 Å². The third-order valence-electron chi connectivity index (χ3n) is 3.04. The normalized spacial score (nSPS) is 11.8. The minimum absolute atomic E-state index is 0.172. The van der Waals surface area contributed by atoms with E-state index in [0.29, 0.717) is 17.6 Å². The first-order valence-electron chi connectivity index (χ1n) is 6.31. The number of halogens is 3. The van der Waals surface area contributed by atoms with Crippen LogP contribution >= 0.6 is 11.3 Å². The number of nitrogens with one attached hydrogen (secondary N) is 1. The Labute approximate surface area is 133 Å². The van der Waals surface area contributed by atoms with Gasteiger partial charge in [-0.1, -0.05) is 0 Å². The lowest BCUT2D eigenvalue weighted by Crippen LogP contribution is -2.15. The summed E-state index contributed by atoms with van der Waals surface area (Å²) in [5.41, 5.74) is 0.875. The van der Waals surface area contributed by atoms with Crippen molar-refractivity contribution in [2.45, 2.75) is 11.8 Å². The highest BCUT2D eigenvalue weighted by Crippen LogP contribution is 2.27. The van der Waals surface area contributed by atoms with E-state index in [0.717, 1.165) is 9.71 Å². The molecule has 0 aliphatic heterocycles. The highest BCUT2D eigenvalue weighted by Gasteiger charge is 2.24. The Hall–Kier alpha value is -2.13. The molecular formula is C14H9F3N2O2S2. The van der Waals surface area contributed by atoms with Crippen LogP contribution in [-0.4, -0.2) is 13.4 Å². The van der Waals surface area contributed by atoms with Gasteiger partial charge in [0.25, 0.3) is 10.0 Å². The Balaban J connectivity index is 2.01. The van der Waals surface area contributed by atoms with Crippen LogP contribution in [0.5, 0.6) is 0 Å². The number of aromatic nitrogens is 1. The zero-order chi connectivity index (χ0) is 16.8. The van der Waals surface area contributed by atoms with Crippen LogP contribution in [0.25, 0.3) is 10.2 Å². The average molecular weight is 358 g/mol. The molecule has 0 aliphatic rings. The molecule has 0 amide bonds. The summed E-state index contributed by atoms with van der Waals surface area (Å²) in [5.74, 6) is -5.04. The van der Waals surface area contributed by atoms with Crippen molar-refractivity contribution in [1.82, 2.24) is 4.98 Å². The molecule has 23 heavy (non-hydrogen) atoms. The van der Waals surface area contributed by atoms with Crippen molar-refractivity contribution in [3.05, 3.63) is 52.8 Å². The molecule has 1 N–H and O–H groups in total. The monoisotopic (exact) mass is 358 g/mol. The van der Waals surface area contributed by atoms with Crippen LogP contribution in [0.1, 0.15) is 5.01 Å². The van der Waals surface area contributed by atoms with Gasteiger partial charge in [-0.05, 0) is 37.3 Å². The maximum atomic E-state index is 13.7. The summed E-state index contributed by atoms with van der Waals surface area (Å²) in [6.45, 7) is 1.81. The molecule has 0 saturated carbocycles. The first-order chi connectivity index (χ1) is 10.8. The molecular weight excluding hydrogens is 349 g/mol. The van der Waals surface area contributed by atoms with Gasteiger partial charge in [-0.3, -0.25) is 4.72 Å². The summed E-state index contributed by atoms with van der Waals surface area (Å²) in [4.78, 5) is 3.27. The molecule has 1 aromatic heterocycles. The van der Waals surface area contributed by atoms with Crippen molar-refractivity contribution >= 4 is 37.3 Å². The maximum Gasteiger partial charge on any atom is 0.264 e. The van der Waals surface area contributed by atoms with E-state index in [1.54, 1.807) is 6.07 Å². The summed E-state index contributed by atoms with van der Waals surface area (Å²) < 4.78 is 67.1. The van der Waals surface area contributed by atoms with Crippen LogP contribution in [0.3, 0.4) is 0 Å². The van der Waals surface area contributed by atoms with Crippen molar-refractivity contribution in [2.24, 2.45) is 0 Å². The number of benzene rings is 2. The Morgan fingerprint density at radius 2 is 1.83 bits per heavy atom. The van der Waals surface area contributed by atoms with Gasteiger partial charge in [0.2, 0.25) is 0 Å². The zero-order valence-electron chi connectivity index (χ0n) is 11.6. The first kappa shape index (κ1) is 15.8. The van der Waals surface area contributed by atoms with Crippen LogP contribution < -0.4 is 4.72 Å². The van der Waals surface area contributed by atoms with Crippen molar-refractivity contribution in [2.75, 3.05) is 4.72 Å². The van der Waals surface area contributed by atoms with Crippen molar-refractivity contribution in [1.29, 1.82) is 0 Å². The average Bonchev–Trinajstić information content (AvgIpc) is 2.83. The Kier molecular flexibility index (Phi) is 3.77. The quantitative estimate of drug-likeness (QED) is 0.724. The summed E-state index contributed by atoms with van der Waals surface area (Å²) in [6.07, 6.45) is 0. The molecule has 120 valence electrons. The van der Waals surface area contributed by atoms with Crippen LogP contribution in [-0.2, 0) is 10.0 Å². The lowest BCUT2D eigenvalue weighted by atomic mass is 10.3. The molecule has 0 unspecified atom stereocenters. The molecule has 3 aromatic rings. The van der Waals surface area contributed by atoms with Gasteiger partial charge in [-0.15, -0.1) is 11.3 Å². The van der Waals surface area contributed by atoms with Gasteiger partial charge in [0.15, 0.2) is 17.5 Å². The van der Waals surface area contributed by atoms with Gasteiger partial charge in [0.05, 0.1) is 20.9 Å². The molecule has 0 spiro atoms. The van der Waals surface area contributed by atoms with Crippen molar-refractivity contribution in [3.63, 3.8) is 0 Å². The number of aryl methyl sites for hydroxylation is 1. The number of rotatable bonds is 3. The fraction of sp³-hybridized carbons (Fsp3) is 0.0714. The first-order valence-corrected chi connectivity index (χ1v) is 8.61. The van der Waals surface area contributed by atoms with Crippen molar-refractivity contribution < 1.29 is 21.6 Å². The molecule has 0 fully saturated rings. The van der Waals surface area contributed by atoms with Gasteiger partial charge >= 0.3 is 0 Å². The highest BCUT2D eigenvalue weighted by molar-refractivity contribution is 7.92. The molecule has 0 radical (unpaired) electrons. The van der Waals surface area contributed by atoms with Crippen LogP contribution in [0.15, 0.2) is 35.2 Å². The van der Waals surface area contributed by atoms with Crippen molar-refractivity contribution in [3.8, 4) is 0 Å². The zero-order valence-corrected chi connectivity index (χ0v) is 13.2. The van der Waals surface area contributed by atoms with Gasteiger partial charge in [0.1, 0.15) is 4.90 Å². The molecule has 0 bridgehead atoms. The van der Waals surface area contributed by atoms with E-state index >= 15 is 0 Å². The summed E-state index contributed by atoms with van der Waals surface area (Å²) in [6, 6.07) is 5.83. The van der Waals surface area contributed by atoms with Gasteiger partial charge in [-0.2, -0.15) is 0 Å². The van der Waals surface area contributed by atoms with Crippen LogP contribution in [0, 0.1) is 24.4 Å². The molecule has 3 rings (SSSR count).